The van der Waals surface area contributed by atoms with Gasteiger partial charge in [-0.05, 0) is 59.5 Å². The van der Waals surface area contributed by atoms with E-state index < -0.39 is 12.1 Å². The minimum Gasteiger partial charge on any atom is -0.391 e. The summed E-state index contributed by atoms with van der Waals surface area (Å²) in [6, 6.07) is 4.22. The molecule has 1 aromatic carbocycles. The normalized spacial score (nSPS) is 20.5. The zero-order chi connectivity index (χ0) is 12.4. The monoisotopic (exact) mass is 349 g/mol. The predicted octanol–water partition coefficient (Wildman–Crippen LogP) is 2.98. The smallest absolute Gasteiger partial charge is 0.128 e. The van der Waals surface area contributed by atoms with Crippen molar-refractivity contribution in [3.63, 3.8) is 0 Å². The molecule has 2 nitrogen and oxygen atoms in total. The number of rotatable bonds is 3. The van der Waals surface area contributed by atoms with Crippen molar-refractivity contribution in [3.05, 3.63) is 33.1 Å². The van der Waals surface area contributed by atoms with E-state index in [-0.39, 0.29) is 11.7 Å². The molecule has 94 valence electrons. The molecule has 1 aromatic rings. The van der Waals surface area contributed by atoms with E-state index in [0.717, 1.165) is 29.3 Å². The molecule has 1 fully saturated rings. The highest BCUT2D eigenvalue weighted by molar-refractivity contribution is 14.1. The van der Waals surface area contributed by atoms with Crippen molar-refractivity contribution in [1.82, 2.24) is 0 Å². The first kappa shape index (κ1) is 13.2. The van der Waals surface area contributed by atoms with Gasteiger partial charge in [-0.15, -0.1) is 0 Å². The zero-order valence-corrected chi connectivity index (χ0v) is 11.7. The van der Waals surface area contributed by atoms with E-state index in [4.69, 9.17) is 5.73 Å². The Morgan fingerprint density at radius 2 is 2.00 bits per heavy atom. The van der Waals surface area contributed by atoms with E-state index in [1.165, 1.54) is 6.07 Å². The first-order chi connectivity index (χ1) is 8.09. The zero-order valence-electron chi connectivity index (χ0n) is 9.57. The van der Waals surface area contributed by atoms with Crippen molar-refractivity contribution in [2.45, 2.75) is 37.8 Å². The molecule has 1 saturated carbocycles. The summed E-state index contributed by atoms with van der Waals surface area (Å²) < 4.78 is 14.6. The molecule has 0 heterocycles. The molecule has 1 aliphatic rings. The van der Waals surface area contributed by atoms with Crippen LogP contribution in [0.15, 0.2) is 18.2 Å². The van der Waals surface area contributed by atoms with Crippen LogP contribution >= 0.6 is 22.6 Å². The van der Waals surface area contributed by atoms with Crippen molar-refractivity contribution in [2.75, 3.05) is 0 Å². The molecular weight excluding hydrogens is 332 g/mol. The Balaban J connectivity index is 2.17. The van der Waals surface area contributed by atoms with Gasteiger partial charge in [-0.2, -0.15) is 0 Å². The first-order valence-electron chi connectivity index (χ1n) is 5.98. The second-order valence-corrected chi connectivity index (χ2v) is 5.97. The largest absolute Gasteiger partial charge is 0.391 e. The maximum Gasteiger partial charge on any atom is 0.128 e. The van der Waals surface area contributed by atoms with Gasteiger partial charge in [0.2, 0.25) is 0 Å². The lowest BCUT2D eigenvalue weighted by Crippen LogP contribution is -2.32. The summed E-state index contributed by atoms with van der Waals surface area (Å²) in [6.07, 6.45) is 3.65. The van der Waals surface area contributed by atoms with Crippen molar-refractivity contribution in [2.24, 2.45) is 11.7 Å². The van der Waals surface area contributed by atoms with Gasteiger partial charge in [-0.3, -0.25) is 0 Å². The Morgan fingerprint density at radius 3 is 2.65 bits per heavy atom. The van der Waals surface area contributed by atoms with Crippen LogP contribution in [0.25, 0.3) is 0 Å². The third kappa shape index (κ3) is 2.98. The lowest BCUT2D eigenvalue weighted by Gasteiger charge is -2.25. The summed E-state index contributed by atoms with van der Waals surface area (Å²) in [5, 5.41) is 10.2. The summed E-state index contributed by atoms with van der Waals surface area (Å²) in [7, 11) is 0. The van der Waals surface area contributed by atoms with Crippen molar-refractivity contribution >= 4 is 22.6 Å². The summed E-state index contributed by atoms with van der Waals surface area (Å²) in [5.41, 5.74) is 6.42. The first-order valence-corrected chi connectivity index (χ1v) is 7.06. The molecule has 0 spiro atoms. The van der Waals surface area contributed by atoms with E-state index in [9.17, 15) is 9.50 Å². The standard InChI is InChI=1S/C13H17FINO/c14-11-6-5-9(15)7-10(11)12(16)13(17)8-3-1-2-4-8/h5-8,12-13,17H,1-4,16H2/t12-,13+/m1/s1. The fourth-order valence-corrected chi connectivity index (χ4v) is 3.06. The molecule has 0 aromatic heterocycles. The second-order valence-electron chi connectivity index (χ2n) is 4.73. The molecule has 0 unspecified atom stereocenters. The molecule has 4 heteroatoms. The Kier molecular flexibility index (Phi) is 4.38. The van der Waals surface area contributed by atoms with Crippen LogP contribution in [0.1, 0.15) is 37.3 Å². The quantitative estimate of drug-likeness (QED) is 0.825. The van der Waals surface area contributed by atoms with E-state index >= 15 is 0 Å². The Morgan fingerprint density at radius 1 is 1.35 bits per heavy atom. The van der Waals surface area contributed by atoms with Gasteiger partial charge < -0.3 is 10.8 Å². The molecule has 2 atom stereocenters. The summed E-state index contributed by atoms with van der Waals surface area (Å²) in [6.45, 7) is 0. The minimum absolute atomic E-state index is 0.224. The molecule has 3 N–H and O–H groups in total. The Labute approximate surface area is 115 Å². The van der Waals surface area contributed by atoms with Gasteiger partial charge in [-0.1, -0.05) is 12.8 Å². The van der Waals surface area contributed by atoms with Crippen LogP contribution in [0.4, 0.5) is 4.39 Å². The molecule has 17 heavy (non-hydrogen) atoms. The van der Waals surface area contributed by atoms with Gasteiger partial charge in [0.25, 0.3) is 0 Å². The molecule has 0 amide bonds. The molecule has 0 radical (unpaired) electrons. The number of hydrogen-bond acceptors (Lipinski definition) is 2. The predicted molar refractivity (Wildman–Crippen MR) is 74.0 cm³/mol. The third-order valence-electron chi connectivity index (χ3n) is 3.57. The van der Waals surface area contributed by atoms with E-state index in [2.05, 4.69) is 22.6 Å². The van der Waals surface area contributed by atoms with Crippen LogP contribution in [0.5, 0.6) is 0 Å². The number of aliphatic hydroxyl groups is 1. The highest BCUT2D eigenvalue weighted by Crippen LogP contribution is 2.33. The topological polar surface area (TPSA) is 46.2 Å². The number of halogens is 2. The fourth-order valence-electron chi connectivity index (χ4n) is 2.55. The minimum atomic E-state index is -0.634. The molecular formula is C13H17FINO. The van der Waals surface area contributed by atoms with E-state index in [1.807, 2.05) is 0 Å². The van der Waals surface area contributed by atoms with Crippen molar-refractivity contribution < 1.29 is 9.50 Å². The lowest BCUT2D eigenvalue weighted by molar-refractivity contribution is 0.0832. The number of benzene rings is 1. The molecule has 2 rings (SSSR count). The van der Waals surface area contributed by atoms with Gasteiger partial charge in [0, 0.05) is 9.13 Å². The second kappa shape index (κ2) is 5.63. The van der Waals surface area contributed by atoms with Crippen LogP contribution in [0, 0.1) is 15.3 Å². The molecule has 0 saturated heterocycles. The Hall–Kier alpha value is -0.200. The summed E-state index contributed by atoms with van der Waals surface area (Å²) in [4.78, 5) is 0. The maximum atomic E-state index is 13.7. The average Bonchev–Trinajstić information content (AvgIpc) is 2.84. The van der Waals surface area contributed by atoms with Gasteiger partial charge in [0.1, 0.15) is 5.82 Å². The molecule has 0 bridgehead atoms. The van der Waals surface area contributed by atoms with E-state index in [0.29, 0.717) is 5.56 Å². The van der Waals surface area contributed by atoms with Crippen LogP contribution in [0.3, 0.4) is 0 Å². The van der Waals surface area contributed by atoms with Crippen LogP contribution in [0.2, 0.25) is 0 Å². The van der Waals surface area contributed by atoms with Crippen LogP contribution in [-0.4, -0.2) is 11.2 Å². The van der Waals surface area contributed by atoms with Crippen LogP contribution in [-0.2, 0) is 0 Å². The van der Waals surface area contributed by atoms with Gasteiger partial charge in [0.05, 0.1) is 12.1 Å². The highest BCUT2D eigenvalue weighted by atomic mass is 127. The molecule has 1 aliphatic carbocycles. The lowest BCUT2D eigenvalue weighted by atomic mass is 9.91. The third-order valence-corrected chi connectivity index (χ3v) is 4.24. The van der Waals surface area contributed by atoms with Gasteiger partial charge in [-0.25, -0.2) is 4.39 Å². The van der Waals surface area contributed by atoms with E-state index in [1.54, 1.807) is 12.1 Å². The van der Waals surface area contributed by atoms with Gasteiger partial charge >= 0.3 is 0 Å². The molecule has 0 aliphatic heterocycles. The fraction of sp³-hybridized carbons (Fsp3) is 0.538. The number of hydrogen-bond donors (Lipinski definition) is 2. The summed E-state index contributed by atoms with van der Waals surface area (Å²) >= 11 is 2.12. The highest BCUT2D eigenvalue weighted by Gasteiger charge is 2.30. The summed E-state index contributed by atoms with van der Waals surface area (Å²) in [5.74, 6) is -0.0998. The van der Waals surface area contributed by atoms with Crippen molar-refractivity contribution in [3.8, 4) is 0 Å². The van der Waals surface area contributed by atoms with Crippen LogP contribution < -0.4 is 5.73 Å². The SMILES string of the molecule is N[C@H](c1cc(I)ccc1F)[C@@H](O)C1CCCC1. The maximum absolute atomic E-state index is 13.7. The number of nitrogens with two attached hydrogens (primary N) is 1. The number of aliphatic hydroxyl groups excluding tert-OH is 1. The average molecular weight is 349 g/mol. The van der Waals surface area contributed by atoms with Crippen molar-refractivity contribution in [1.29, 1.82) is 0 Å². The Bertz CT molecular complexity index is 393. The van der Waals surface area contributed by atoms with Gasteiger partial charge in [0.15, 0.2) is 0 Å².